The summed E-state index contributed by atoms with van der Waals surface area (Å²) < 4.78 is 13.0. The van der Waals surface area contributed by atoms with Gasteiger partial charge in [0.15, 0.2) is 0 Å². The lowest BCUT2D eigenvalue weighted by atomic mass is 9.93. The van der Waals surface area contributed by atoms with Crippen LogP contribution in [0.2, 0.25) is 0 Å². The first kappa shape index (κ1) is 17.4. The van der Waals surface area contributed by atoms with Gasteiger partial charge in [-0.15, -0.1) is 0 Å². The highest BCUT2D eigenvalue weighted by Gasteiger charge is 2.25. The minimum absolute atomic E-state index is 0.0552. The van der Waals surface area contributed by atoms with Gasteiger partial charge in [-0.05, 0) is 49.4 Å². The molecule has 0 heterocycles. The predicted octanol–water partition coefficient (Wildman–Crippen LogP) is 2.38. The SMILES string of the molecule is Cc1cc(F)ccc1CCNC(=O)NCC(C)(O)C(C)C. The normalized spacial score (nSPS) is 13.9. The first-order valence-corrected chi connectivity index (χ1v) is 7.21. The van der Waals surface area contributed by atoms with Crippen molar-refractivity contribution < 1.29 is 14.3 Å². The van der Waals surface area contributed by atoms with Crippen LogP contribution in [0.25, 0.3) is 0 Å². The van der Waals surface area contributed by atoms with Crippen LogP contribution in [-0.2, 0) is 6.42 Å². The average molecular weight is 296 g/mol. The second-order valence-electron chi connectivity index (χ2n) is 5.94. The Hall–Kier alpha value is -1.62. The monoisotopic (exact) mass is 296 g/mol. The van der Waals surface area contributed by atoms with Crippen LogP contribution < -0.4 is 10.6 Å². The minimum atomic E-state index is -0.926. The first-order chi connectivity index (χ1) is 9.72. The van der Waals surface area contributed by atoms with Gasteiger partial charge in [0.05, 0.1) is 5.60 Å². The molecule has 1 rings (SSSR count). The largest absolute Gasteiger partial charge is 0.388 e. The summed E-state index contributed by atoms with van der Waals surface area (Å²) in [6.07, 6.45) is 0.639. The number of hydrogen-bond donors (Lipinski definition) is 3. The van der Waals surface area contributed by atoms with E-state index in [9.17, 15) is 14.3 Å². The van der Waals surface area contributed by atoms with E-state index in [1.54, 1.807) is 13.0 Å². The summed E-state index contributed by atoms with van der Waals surface area (Å²) in [5.74, 6) is -0.197. The highest BCUT2D eigenvalue weighted by atomic mass is 19.1. The molecule has 118 valence electrons. The van der Waals surface area contributed by atoms with Crippen LogP contribution >= 0.6 is 0 Å². The van der Waals surface area contributed by atoms with Gasteiger partial charge in [-0.2, -0.15) is 0 Å². The Balaban J connectivity index is 2.34. The molecule has 0 saturated carbocycles. The lowest BCUT2D eigenvalue weighted by Crippen LogP contribution is -2.47. The molecule has 21 heavy (non-hydrogen) atoms. The molecule has 1 aromatic carbocycles. The van der Waals surface area contributed by atoms with E-state index in [4.69, 9.17) is 0 Å². The van der Waals surface area contributed by atoms with Crippen molar-refractivity contribution in [3.8, 4) is 0 Å². The quantitative estimate of drug-likeness (QED) is 0.755. The Kier molecular flexibility index (Phi) is 6.15. The van der Waals surface area contributed by atoms with Crippen LogP contribution in [0, 0.1) is 18.7 Å². The molecule has 0 radical (unpaired) electrons. The van der Waals surface area contributed by atoms with Crippen LogP contribution in [0.3, 0.4) is 0 Å². The molecular formula is C16H25FN2O2. The summed E-state index contributed by atoms with van der Waals surface area (Å²) in [7, 11) is 0. The summed E-state index contributed by atoms with van der Waals surface area (Å²) in [5, 5.41) is 15.4. The maximum atomic E-state index is 13.0. The number of halogens is 1. The number of rotatable bonds is 6. The van der Waals surface area contributed by atoms with E-state index in [2.05, 4.69) is 10.6 Å². The third kappa shape index (κ3) is 5.71. The number of benzene rings is 1. The van der Waals surface area contributed by atoms with E-state index >= 15 is 0 Å². The van der Waals surface area contributed by atoms with Gasteiger partial charge < -0.3 is 15.7 Å². The van der Waals surface area contributed by atoms with Gasteiger partial charge in [-0.1, -0.05) is 19.9 Å². The molecule has 2 amide bonds. The number of urea groups is 1. The molecule has 1 aromatic rings. The van der Waals surface area contributed by atoms with Gasteiger partial charge in [0.2, 0.25) is 0 Å². The van der Waals surface area contributed by atoms with Gasteiger partial charge >= 0.3 is 6.03 Å². The molecule has 0 saturated heterocycles. The number of hydrogen-bond acceptors (Lipinski definition) is 2. The van der Waals surface area contributed by atoms with Crippen LogP contribution in [-0.4, -0.2) is 29.8 Å². The van der Waals surface area contributed by atoms with Gasteiger partial charge in [-0.25, -0.2) is 9.18 Å². The van der Waals surface area contributed by atoms with Crippen LogP contribution in [0.5, 0.6) is 0 Å². The number of aliphatic hydroxyl groups is 1. The summed E-state index contributed by atoms with van der Waals surface area (Å²) in [5.41, 5.74) is 0.955. The average Bonchev–Trinajstić information content (AvgIpc) is 2.39. The molecular weight excluding hydrogens is 271 g/mol. The second-order valence-corrected chi connectivity index (χ2v) is 5.94. The smallest absolute Gasteiger partial charge is 0.314 e. The maximum Gasteiger partial charge on any atom is 0.314 e. The Labute approximate surface area is 125 Å². The second kappa shape index (κ2) is 7.41. The van der Waals surface area contributed by atoms with Crippen molar-refractivity contribution in [1.29, 1.82) is 0 Å². The number of carbonyl (C=O) groups is 1. The van der Waals surface area contributed by atoms with Gasteiger partial charge in [0.25, 0.3) is 0 Å². The van der Waals surface area contributed by atoms with E-state index < -0.39 is 5.60 Å². The molecule has 0 aliphatic rings. The Morgan fingerprint density at radius 3 is 2.62 bits per heavy atom. The molecule has 0 spiro atoms. The van der Waals surface area contributed by atoms with E-state index in [1.165, 1.54) is 12.1 Å². The van der Waals surface area contributed by atoms with Crippen molar-refractivity contribution in [2.45, 2.75) is 39.7 Å². The van der Waals surface area contributed by atoms with E-state index in [1.807, 2.05) is 20.8 Å². The van der Waals surface area contributed by atoms with Crippen molar-refractivity contribution in [3.05, 3.63) is 35.1 Å². The van der Waals surface area contributed by atoms with Crippen molar-refractivity contribution in [1.82, 2.24) is 10.6 Å². The van der Waals surface area contributed by atoms with Crippen LogP contribution in [0.15, 0.2) is 18.2 Å². The lowest BCUT2D eigenvalue weighted by molar-refractivity contribution is 0.0166. The molecule has 3 N–H and O–H groups in total. The summed E-state index contributed by atoms with van der Waals surface area (Å²) in [4.78, 5) is 11.6. The van der Waals surface area contributed by atoms with Crippen molar-refractivity contribution >= 4 is 6.03 Å². The van der Waals surface area contributed by atoms with Crippen molar-refractivity contribution in [3.63, 3.8) is 0 Å². The first-order valence-electron chi connectivity index (χ1n) is 7.21. The molecule has 1 unspecified atom stereocenters. The topological polar surface area (TPSA) is 61.4 Å². The molecule has 0 aromatic heterocycles. The molecule has 0 bridgehead atoms. The van der Waals surface area contributed by atoms with Crippen LogP contribution in [0.1, 0.15) is 31.9 Å². The third-order valence-electron chi connectivity index (χ3n) is 3.84. The molecule has 0 aliphatic heterocycles. The van der Waals surface area contributed by atoms with Gasteiger partial charge in [0.1, 0.15) is 5.82 Å². The summed E-state index contributed by atoms with van der Waals surface area (Å²) in [6.45, 7) is 8.00. The number of nitrogens with one attached hydrogen (secondary N) is 2. The Bertz CT molecular complexity index is 487. The Morgan fingerprint density at radius 1 is 1.38 bits per heavy atom. The molecule has 4 nitrogen and oxygen atoms in total. The highest BCUT2D eigenvalue weighted by Crippen LogP contribution is 2.14. The van der Waals surface area contributed by atoms with Crippen molar-refractivity contribution in [2.75, 3.05) is 13.1 Å². The molecule has 0 fully saturated rings. The van der Waals surface area contributed by atoms with Gasteiger partial charge in [-0.3, -0.25) is 0 Å². The summed E-state index contributed by atoms with van der Waals surface area (Å²) in [6, 6.07) is 4.32. The van der Waals surface area contributed by atoms with E-state index in [0.717, 1.165) is 11.1 Å². The number of amides is 2. The standard InChI is InChI=1S/C16H25FN2O2/c1-11(2)16(4,21)10-19-15(20)18-8-7-13-5-6-14(17)9-12(13)3/h5-6,9,11,21H,7-8,10H2,1-4H3,(H2,18,19,20). The molecule has 1 atom stereocenters. The molecule has 0 aliphatic carbocycles. The number of carbonyl (C=O) groups excluding carboxylic acids is 1. The van der Waals surface area contributed by atoms with Crippen LogP contribution in [0.4, 0.5) is 9.18 Å². The highest BCUT2D eigenvalue weighted by molar-refractivity contribution is 5.73. The van der Waals surface area contributed by atoms with E-state index in [-0.39, 0.29) is 24.3 Å². The van der Waals surface area contributed by atoms with E-state index in [0.29, 0.717) is 13.0 Å². The minimum Gasteiger partial charge on any atom is -0.388 e. The fourth-order valence-corrected chi connectivity index (χ4v) is 1.78. The van der Waals surface area contributed by atoms with Gasteiger partial charge in [0, 0.05) is 13.1 Å². The third-order valence-corrected chi connectivity index (χ3v) is 3.84. The Morgan fingerprint density at radius 2 is 2.05 bits per heavy atom. The van der Waals surface area contributed by atoms with Crippen molar-refractivity contribution in [2.24, 2.45) is 5.92 Å². The number of aryl methyl sites for hydroxylation is 1. The lowest BCUT2D eigenvalue weighted by Gasteiger charge is -2.27. The fourth-order valence-electron chi connectivity index (χ4n) is 1.78. The zero-order chi connectivity index (χ0) is 16.0. The predicted molar refractivity (Wildman–Crippen MR) is 81.7 cm³/mol. The maximum absolute atomic E-state index is 13.0. The zero-order valence-corrected chi connectivity index (χ0v) is 13.2. The molecule has 5 heteroatoms. The zero-order valence-electron chi connectivity index (χ0n) is 13.2. The summed E-state index contributed by atoms with van der Waals surface area (Å²) >= 11 is 0. The fraction of sp³-hybridized carbons (Fsp3) is 0.562.